The number of nitrogens with one attached hydrogen (secondary N) is 1. The van der Waals surface area contributed by atoms with E-state index in [1.165, 1.54) is 0 Å². The minimum Gasteiger partial charge on any atom is -0.493 e. The highest BCUT2D eigenvalue weighted by atomic mass is 16.6. The third kappa shape index (κ3) is 2.63. The van der Waals surface area contributed by atoms with E-state index in [4.69, 9.17) is 9.47 Å². The molecule has 0 radical (unpaired) electrons. The molecule has 4 rings (SSSR count). The number of hydrogen-bond donors (Lipinski definition) is 1. The number of rotatable bonds is 4. The molecule has 0 spiro atoms. The Morgan fingerprint density at radius 1 is 1.21 bits per heavy atom. The summed E-state index contributed by atoms with van der Waals surface area (Å²) >= 11 is 0. The molecule has 1 aliphatic heterocycles. The number of nitro benzene ring substituents is 1. The van der Waals surface area contributed by atoms with Gasteiger partial charge in [0.05, 0.1) is 25.2 Å². The Hall–Kier alpha value is -3.02. The lowest BCUT2D eigenvalue weighted by molar-refractivity contribution is -0.384. The SMILES string of the molecule is COc1cccc([C@@H]2Nc3c([N+](=O)[O-])cc(C)c(C)c3[C@H]3C=CC[C@@H]32)c1OC. The van der Waals surface area contributed by atoms with E-state index in [0.717, 1.165) is 28.7 Å². The van der Waals surface area contributed by atoms with E-state index in [9.17, 15) is 10.1 Å². The average Bonchev–Trinajstić information content (AvgIpc) is 3.18. The molecule has 0 amide bonds. The van der Waals surface area contributed by atoms with E-state index < -0.39 is 0 Å². The van der Waals surface area contributed by atoms with Crippen LogP contribution in [0.3, 0.4) is 0 Å². The minimum absolute atomic E-state index is 0.113. The second-order valence-electron chi connectivity index (χ2n) is 7.44. The lowest BCUT2D eigenvalue weighted by Gasteiger charge is -2.38. The molecular formula is C22H24N2O4. The maximum atomic E-state index is 11.8. The molecule has 0 aromatic heterocycles. The molecule has 6 nitrogen and oxygen atoms in total. The van der Waals surface area contributed by atoms with Crippen LogP contribution >= 0.6 is 0 Å². The first-order valence-electron chi connectivity index (χ1n) is 9.40. The van der Waals surface area contributed by atoms with Crippen LogP contribution < -0.4 is 14.8 Å². The van der Waals surface area contributed by atoms with E-state index in [-0.39, 0.29) is 28.5 Å². The predicted molar refractivity (Wildman–Crippen MR) is 108 cm³/mol. The number of nitrogens with zero attached hydrogens (tertiary/aromatic N) is 1. The largest absolute Gasteiger partial charge is 0.493 e. The van der Waals surface area contributed by atoms with Crippen molar-refractivity contribution in [3.63, 3.8) is 0 Å². The maximum Gasteiger partial charge on any atom is 0.292 e. The van der Waals surface area contributed by atoms with E-state index in [1.54, 1.807) is 20.3 Å². The molecule has 1 N–H and O–H groups in total. The molecule has 146 valence electrons. The number of para-hydroxylation sites is 1. The van der Waals surface area contributed by atoms with Crippen molar-refractivity contribution in [3.8, 4) is 11.5 Å². The van der Waals surface area contributed by atoms with Gasteiger partial charge in [-0.3, -0.25) is 10.1 Å². The second kappa shape index (κ2) is 6.86. The van der Waals surface area contributed by atoms with Gasteiger partial charge in [0, 0.05) is 17.5 Å². The number of allylic oxidation sites excluding steroid dienone is 2. The zero-order chi connectivity index (χ0) is 20.0. The molecule has 1 heterocycles. The third-order valence-corrected chi connectivity index (χ3v) is 6.11. The Morgan fingerprint density at radius 2 is 2.00 bits per heavy atom. The Balaban J connectivity index is 1.93. The number of methoxy groups -OCH3 is 2. The number of nitro groups is 1. The molecular weight excluding hydrogens is 356 g/mol. The van der Waals surface area contributed by atoms with Gasteiger partial charge in [-0.15, -0.1) is 0 Å². The van der Waals surface area contributed by atoms with Crippen LogP contribution in [-0.2, 0) is 0 Å². The van der Waals surface area contributed by atoms with Gasteiger partial charge in [0.2, 0.25) is 0 Å². The third-order valence-electron chi connectivity index (χ3n) is 6.11. The normalized spacial score (nSPS) is 22.2. The number of fused-ring (bicyclic) bond motifs is 3. The van der Waals surface area contributed by atoms with Crippen molar-refractivity contribution in [1.29, 1.82) is 0 Å². The first kappa shape index (κ1) is 18.3. The van der Waals surface area contributed by atoms with Gasteiger partial charge in [-0.2, -0.15) is 0 Å². The first-order valence-corrected chi connectivity index (χ1v) is 9.40. The Bertz CT molecular complexity index is 983. The molecule has 2 aromatic rings. The van der Waals surface area contributed by atoms with E-state index in [2.05, 4.69) is 24.4 Å². The summed E-state index contributed by atoms with van der Waals surface area (Å²) in [7, 11) is 3.24. The van der Waals surface area contributed by atoms with Gasteiger partial charge in [0.15, 0.2) is 11.5 Å². The first-order chi connectivity index (χ1) is 13.5. The molecule has 0 saturated heterocycles. The van der Waals surface area contributed by atoms with Crippen LogP contribution in [0, 0.1) is 29.9 Å². The number of benzene rings is 2. The second-order valence-corrected chi connectivity index (χ2v) is 7.44. The maximum absolute atomic E-state index is 11.8. The highest BCUT2D eigenvalue weighted by Gasteiger charge is 2.43. The van der Waals surface area contributed by atoms with Crippen LogP contribution in [0.25, 0.3) is 0 Å². The van der Waals surface area contributed by atoms with Crippen molar-refractivity contribution in [3.05, 3.63) is 68.8 Å². The zero-order valence-corrected chi connectivity index (χ0v) is 16.5. The van der Waals surface area contributed by atoms with Gasteiger partial charge in [-0.1, -0.05) is 24.3 Å². The van der Waals surface area contributed by atoms with E-state index >= 15 is 0 Å². The summed E-state index contributed by atoms with van der Waals surface area (Å²) in [4.78, 5) is 11.5. The summed E-state index contributed by atoms with van der Waals surface area (Å²) < 4.78 is 11.1. The van der Waals surface area contributed by atoms with Gasteiger partial charge in [0.1, 0.15) is 5.69 Å². The summed E-state index contributed by atoms with van der Waals surface area (Å²) in [6.45, 7) is 3.99. The predicted octanol–water partition coefficient (Wildman–Crippen LogP) is 5.06. The summed E-state index contributed by atoms with van der Waals surface area (Å²) in [6.07, 6.45) is 5.28. The lowest BCUT2D eigenvalue weighted by Crippen LogP contribution is -2.30. The molecule has 1 aliphatic carbocycles. The highest BCUT2D eigenvalue weighted by molar-refractivity contribution is 5.75. The van der Waals surface area contributed by atoms with Gasteiger partial charge in [-0.25, -0.2) is 0 Å². The van der Waals surface area contributed by atoms with Gasteiger partial charge >= 0.3 is 0 Å². The summed E-state index contributed by atoms with van der Waals surface area (Å²) in [5.74, 6) is 1.72. The number of aryl methyl sites for hydroxylation is 1. The Morgan fingerprint density at radius 3 is 2.68 bits per heavy atom. The van der Waals surface area contributed by atoms with Crippen LogP contribution in [-0.4, -0.2) is 19.1 Å². The fourth-order valence-electron chi connectivity index (χ4n) is 4.69. The monoisotopic (exact) mass is 380 g/mol. The fraction of sp³-hybridized carbons (Fsp3) is 0.364. The van der Waals surface area contributed by atoms with Crippen LogP contribution in [0.4, 0.5) is 11.4 Å². The van der Waals surface area contributed by atoms with Gasteiger partial charge in [-0.05, 0) is 48.9 Å². The molecule has 0 unspecified atom stereocenters. The van der Waals surface area contributed by atoms with Gasteiger partial charge in [0.25, 0.3) is 5.69 Å². The molecule has 0 fully saturated rings. The van der Waals surface area contributed by atoms with Crippen LogP contribution in [0.5, 0.6) is 11.5 Å². The number of hydrogen-bond acceptors (Lipinski definition) is 5. The standard InChI is InChI=1S/C22H24N2O4/c1-12-11-17(24(25)26)21-19(13(12)2)14-7-5-8-15(14)20(23-21)16-9-6-10-18(27-3)22(16)28-4/h5-7,9-11,14-15,20,23H,8H2,1-4H3/t14-,15-,20+/m0/s1. The van der Waals surface area contributed by atoms with Crippen molar-refractivity contribution in [1.82, 2.24) is 0 Å². The van der Waals surface area contributed by atoms with Crippen molar-refractivity contribution in [2.24, 2.45) is 5.92 Å². The zero-order valence-electron chi connectivity index (χ0n) is 16.5. The molecule has 0 bridgehead atoms. The summed E-state index contributed by atoms with van der Waals surface area (Å²) in [5.41, 5.74) is 4.82. The molecule has 3 atom stereocenters. The molecule has 2 aromatic carbocycles. The van der Waals surface area contributed by atoms with Crippen molar-refractivity contribution in [2.45, 2.75) is 32.2 Å². The van der Waals surface area contributed by atoms with Crippen molar-refractivity contribution >= 4 is 11.4 Å². The average molecular weight is 380 g/mol. The number of ether oxygens (including phenoxy) is 2. The van der Waals surface area contributed by atoms with Crippen molar-refractivity contribution < 1.29 is 14.4 Å². The highest BCUT2D eigenvalue weighted by Crippen LogP contribution is 2.55. The van der Waals surface area contributed by atoms with Crippen LogP contribution in [0.15, 0.2) is 36.4 Å². The molecule has 6 heteroatoms. The lowest BCUT2D eigenvalue weighted by atomic mass is 9.74. The quantitative estimate of drug-likeness (QED) is 0.456. The minimum atomic E-state index is -0.295. The van der Waals surface area contributed by atoms with E-state index in [1.807, 2.05) is 25.1 Å². The Kier molecular flexibility index (Phi) is 4.49. The van der Waals surface area contributed by atoms with Crippen LogP contribution in [0.1, 0.15) is 40.6 Å². The molecule has 0 saturated carbocycles. The molecule has 28 heavy (non-hydrogen) atoms. The summed E-state index contributed by atoms with van der Waals surface area (Å²) in [6, 6.07) is 7.35. The van der Waals surface area contributed by atoms with E-state index in [0.29, 0.717) is 17.2 Å². The smallest absolute Gasteiger partial charge is 0.292 e. The number of anilines is 1. The summed E-state index contributed by atoms with van der Waals surface area (Å²) in [5, 5.41) is 15.3. The molecule has 2 aliphatic rings. The van der Waals surface area contributed by atoms with Crippen LogP contribution in [0.2, 0.25) is 0 Å². The Labute approximate surface area is 164 Å². The van der Waals surface area contributed by atoms with Gasteiger partial charge < -0.3 is 14.8 Å². The fourth-order valence-corrected chi connectivity index (χ4v) is 4.69. The topological polar surface area (TPSA) is 73.6 Å². The van der Waals surface area contributed by atoms with Crippen molar-refractivity contribution in [2.75, 3.05) is 19.5 Å².